The topological polar surface area (TPSA) is 94.4 Å². The van der Waals surface area contributed by atoms with E-state index in [2.05, 4.69) is 10.3 Å². The third-order valence-corrected chi connectivity index (χ3v) is 2.72. The number of amides is 1. The van der Waals surface area contributed by atoms with E-state index in [0.29, 0.717) is 0 Å². The van der Waals surface area contributed by atoms with Gasteiger partial charge in [-0.25, -0.2) is 4.98 Å². The highest BCUT2D eigenvalue weighted by Gasteiger charge is 2.24. The van der Waals surface area contributed by atoms with Crippen molar-refractivity contribution in [3.05, 3.63) is 33.1 Å². The Bertz CT molecular complexity index is 505. The van der Waals surface area contributed by atoms with Crippen LogP contribution in [0.3, 0.4) is 0 Å². The maximum Gasteiger partial charge on any atom is 0.300 e. The van der Waals surface area contributed by atoms with Gasteiger partial charge in [0.1, 0.15) is 16.9 Å². The van der Waals surface area contributed by atoms with Crippen molar-refractivity contribution in [1.82, 2.24) is 10.3 Å². The van der Waals surface area contributed by atoms with Crippen LogP contribution in [0.25, 0.3) is 0 Å². The molecule has 0 aromatic carbocycles. The van der Waals surface area contributed by atoms with Crippen molar-refractivity contribution >= 4 is 23.2 Å². The molecule has 0 unspecified atom stereocenters. The number of ether oxygens (including phenoxy) is 1. The van der Waals surface area contributed by atoms with Crippen LogP contribution >= 0.6 is 11.6 Å². The Balaban J connectivity index is 2.93. The van der Waals surface area contributed by atoms with Crippen LogP contribution in [0.2, 0.25) is 5.15 Å². The number of nitro groups is 1. The van der Waals surface area contributed by atoms with E-state index in [1.807, 2.05) is 0 Å². The number of carbonyl (C=O) groups excluding carboxylic acids is 1. The summed E-state index contributed by atoms with van der Waals surface area (Å²) in [6, 6.07) is 1.16. The second kappa shape index (κ2) is 5.94. The number of pyridine rings is 1. The maximum absolute atomic E-state index is 11.9. The third-order valence-electron chi connectivity index (χ3n) is 2.52. The molecule has 0 saturated carbocycles. The molecule has 0 aliphatic heterocycles. The lowest BCUT2D eigenvalue weighted by Gasteiger charge is -2.23. The van der Waals surface area contributed by atoms with Gasteiger partial charge in [-0.15, -0.1) is 0 Å². The van der Waals surface area contributed by atoms with Crippen molar-refractivity contribution in [1.29, 1.82) is 0 Å². The zero-order valence-electron chi connectivity index (χ0n) is 10.8. The number of carbonyl (C=O) groups is 1. The lowest BCUT2D eigenvalue weighted by atomic mass is 10.1. The van der Waals surface area contributed by atoms with Gasteiger partial charge in [0.2, 0.25) is 0 Å². The molecule has 0 radical (unpaired) electrons. The molecule has 1 rings (SSSR count). The summed E-state index contributed by atoms with van der Waals surface area (Å²) in [7, 11) is 1.51. The quantitative estimate of drug-likeness (QED) is 0.506. The van der Waals surface area contributed by atoms with E-state index in [1.165, 1.54) is 7.11 Å². The first-order valence-electron chi connectivity index (χ1n) is 5.40. The summed E-state index contributed by atoms with van der Waals surface area (Å²) in [5.41, 5.74) is -1.09. The largest absolute Gasteiger partial charge is 0.377 e. The first-order chi connectivity index (χ1) is 8.76. The molecule has 1 N–H and O–H groups in total. The lowest BCUT2D eigenvalue weighted by molar-refractivity contribution is -0.385. The van der Waals surface area contributed by atoms with Gasteiger partial charge < -0.3 is 10.1 Å². The summed E-state index contributed by atoms with van der Waals surface area (Å²) >= 11 is 5.64. The van der Waals surface area contributed by atoms with Gasteiger partial charge in [-0.3, -0.25) is 14.9 Å². The van der Waals surface area contributed by atoms with E-state index in [-0.39, 0.29) is 17.3 Å². The normalized spacial score (nSPS) is 11.2. The molecule has 1 heterocycles. The van der Waals surface area contributed by atoms with Crippen LogP contribution < -0.4 is 5.32 Å². The number of methoxy groups -OCH3 is 1. The summed E-state index contributed by atoms with van der Waals surface area (Å²) in [6.45, 7) is 3.77. The highest BCUT2D eigenvalue weighted by atomic mass is 35.5. The van der Waals surface area contributed by atoms with Crippen LogP contribution in [-0.4, -0.2) is 35.1 Å². The SMILES string of the molecule is COC(C)(C)CNC(=O)c1cc(Cl)ncc1[N+](=O)[O-]. The molecular formula is C11H14ClN3O4. The van der Waals surface area contributed by atoms with Crippen LogP contribution in [0.4, 0.5) is 5.69 Å². The van der Waals surface area contributed by atoms with Gasteiger partial charge in [0.25, 0.3) is 11.6 Å². The molecule has 0 saturated heterocycles. The Morgan fingerprint density at radius 1 is 1.63 bits per heavy atom. The zero-order valence-corrected chi connectivity index (χ0v) is 11.5. The predicted molar refractivity (Wildman–Crippen MR) is 69.3 cm³/mol. The molecule has 0 aliphatic rings. The minimum Gasteiger partial charge on any atom is -0.377 e. The molecule has 0 bridgehead atoms. The Hall–Kier alpha value is -1.73. The van der Waals surface area contributed by atoms with Crippen molar-refractivity contribution in [3.63, 3.8) is 0 Å². The van der Waals surface area contributed by atoms with Gasteiger partial charge in [0.05, 0.1) is 10.5 Å². The third kappa shape index (κ3) is 4.15. The molecule has 0 spiro atoms. The highest BCUT2D eigenvalue weighted by Crippen LogP contribution is 2.20. The van der Waals surface area contributed by atoms with Crippen molar-refractivity contribution < 1.29 is 14.5 Å². The number of nitrogens with one attached hydrogen (secondary N) is 1. The molecule has 0 fully saturated rings. The van der Waals surface area contributed by atoms with Gasteiger partial charge in [0, 0.05) is 13.7 Å². The van der Waals surface area contributed by atoms with Crippen molar-refractivity contribution in [2.45, 2.75) is 19.4 Å². The average Bonchev–Trinajstić information content (AvgIpc) is 2.35. The summed E-state index contributed by atoms with van der Waals surface area (Å²) in [5.74, 6) is -0.596. The van der Waals surface area contributed by atoms with Gasteiger partial charge in [-0.05, 0) is 19.9 Å². The molecule has 0 atom stereocenters. The van der Waals surface area contributed by atoms with E-state index in [1.54, 1.807) is 13.8 Å². The summed E-state index contributed by atoms with van der Waals surface area (Å²) < 4.78 is 5.14. The Labute approximate surface area is 115 Å². The second-order valence-electron chi connectivity index (χ2n) is 4.43. The van der Waals surface area contributed by atoms with Crippen LogP contribution in [0.5, 0.6) is 0 Å². The Morgan fingerprint density at radius 2 is 2.26 bits per heavy atom. The highest BCUT2D eigenvalue weighted by molar-refractivity contribution is 6.29. The van der Waals surface area contributed by atoms with Crippen LogP contribution in [0.1, 0.15) is 24.2 Å². The van der Waals surface area contributed by atoms with E-state index in [0.717, 1.165) is 12.3 Å². The van der Waals surface area contributed by atoms with E-state index in [4.69, 9.17) is 16.3 Å². The van der Waals surface area contributed by atoms with Crippen LogP contribution in [0, 0.1) is 10.1 Å². The summed E-state index contributed by atoms with van der Waals surface area (Å²) in [5, 5.41) is 13.4. The van der Waals surface area contributed by atoms with E-state index >= 15 is 0 Å². The van der Waals surface area contributed by atoms with Gasteiger partial charge in [0.15, 0.2) is 0 Å². The maximum atomic E-state index is 11.9. The van der Waals surface area contributed by atoms with Gasteiger partial charge in [-0.1, -0.05) is 11.6 Å². The monoisotopic (exact) mass is 287 g/mol. The molecule has 0 aliphatic carbocycles. The molecule has 104 valence electrons. The fourth-order valence-corrected chi connectivity index (χ4v) is 1.37. The predicted octanol–water partition coefficient (Wildman–Crippen LogP) is 1.80. The van der Waals surface area contributed by atoms with Crippen LogP contribution in [0.15, 0.2) is 12.3 Å². The fraction of sp³-hybridized carbons (Fsp3) is 0.455. The average molecular weight is 288 g/mol. The van der Waals surface area contributed by atoms with E-state index < -0.39 is 22.1 Å². The molecule has 7 nitrogen and oxygen atoms in total. The minimum absolute atomic E-state index is 0.0155. The fourth-order valence-electron chi connectivity index (χ4n) is 1.21. The van der Waals surface area contributed by atoms with Gasteiger partial charge >= 0.3 is 0 Å². The number of hydrogen-bond acceptors (Lipinski definition) is 5. The van der Waals surface area contributed by atoms with Crippen LogP contribution in [-0.2, 0) is 4.74 Å². The molecule has 8 heteroatoms. The number of nitrogens with zero attached hydrogens (tertiary/aromatic N) is 2. The number of halogens is 1. The minimum atomic E-state index is -0.681. The summed E-state index contributed by atoms with van der Waals surface area (Å²) in [4.78, 5) is 25.6. The molecule has 1 amide bonds. The van der Waals surface area contributed by atoms with Crippen molar-refractivity contribution in [2.24, 2.45) is 0 Å². The number of aromatic nitrogens is 1. The second-order valence-corrected chi connectivity index (χ2v) is 4.82. The van der Waals surface area contributed by atoms with E-state index in [9.17, 15) is 14.9 Å². The van der Waals surface area contributed by atoms with Gasteiger partial charge in [-0.2, -0.15) is 0 Å². The zero-order chi connectivity index (χ0) is 14.6. The molecular weight excluding hydrogens is 274 g/mol. The first-order valence-corrected chi connectivity index (χ1v) is 5.78. The Morgan fingerprint density at radius 3 is 2.79 bits per heavy atom. The lowest BCUT2D eigenvalue weighted by Crippen LogP contribution is -2.39. The van der Waals surface area contributed by atoms with Crippen molar-refractivity contribution in [2.75, 3.05) is 13.7 Å². The Kier molecular flexibility index (Phi) is 4.79. The number of hydrogen-bond donors (Lipinski definition) is 1. The molecule has 19 heavy (non-hydrogen) atoms. The van der Waals surface area contributed by atoms with Crippen molar-refractivity contribution in [3.8, 4) is 0 Å². The molecule has 1 aromatic heterocycles. The smallest absolute Gasteiger partial charge is 0.300 e. The first kappa shape index (κ1) is 15.3. The standard InChI is InChI=1S/C11H14ClN3O4/c1-11(2,19-3)6-14-10(16)7-4-9(12)13-5-8(7)15(17)18/h4-5H,6H2,1-3H3,(H,14,16). The summed E-state index contributed by atoms with van der Waals surface area (Å²) in [6.07, 6.45) is 0.957. The molecule has 1 aromatic rings. The number of rotatable bonds is 5.